The van der Waals surface area contributed by atoms with E-state index in [9.17, 15) is 8.42 Å². The van der Waals surface area contributed by atoms with Gasteiger partial charge in [0, 0.05) is 6.54 Å². The lowest BCUT2D eigenvalue weighted by Gasteiger charge is -1.91. The number of hydrogen-bond acceptors (Lipinski definition) is 4. The SMILES string of the molecule is C.O=S(=O)=NC1CCNC1. The van der Waals surface area contributed by atoms with Gasteiger partial charge in [0.25, 0.3) is 0 Å². The van der Waals surface area contributed by atoms with E-state index in [1.54, 1.807) is 0 Å². The first-order valence-electron chi connectivity index (χ1n) is 2.80. The van der Waals surface area contributed by atoms with Gasteiger partial charge in [-0.2, -0.15) is 12.8 Å². The summed E-state index contributed by atoms with van der Waals surface area (Å²) in [6.45, 7) is 1.58. The summed E-state index contributed by atoms with van der Waals surface area (Å²) in [5.74, 6) is 0. The van der Waals surface area contributed by atoms with E-state index in [2.05, 4.69) is 9.68 Å². The van der Waals surface area contributed by atoms with Gasteiger partial charge in [0.05, 0.1) is 6.04 Å². The fraction of sp³-hybridized carbons (Fsp3) is 1.00. The third kappa shape index (κ3) is 2.93. The highest BCUT2D eigenvalue weighted by molar-refractivity contribution is 7.61. The fourth-order valence-corrected chi connectivity index (χ4v) is 1.27. The van der Waals surface area contributed by atoms with Gasteiger partial charge in [0.1, 0.15) is 0 Å². The topological polar surface area (TPSA) is 58.5 Å². The Morgan fingerprint density at radius 1 is 1.50 bits per heavy atom. The maximum Gasteiger partial charge on any atom is 0.311 e. The van der Waals surface area contributed by atoms with Gasteiger partial charge in [-0.05, 0) is 13.0 Å². The van der Waals surface area contributed by atoms with Crippen LogP contribution in [0.5, 0.6) is 0 Å². The van der Waals surface area contributed by atoms with E-state index in [0.717, 1.165) is 13.0 Å². The minimum atomic E-state index is -2.22. The molecule has 1 saturated heterocycles. The van der Waals surface area contributed by atoms with E-state index in [4.69, 9.17) is 0 Å². The van der Waals surface area contributed by atoms with Gasteiger partial charge in [-0.1, -0.05) is 7.43 Å². The first-order chi connectivity index (χ1) is 4.29. The lowest BCUT2D eigenvalue weighted by molar-refractivity contribution is 0.613. The number of rotatable bonds is 1. The third-order valence-corrected chi connectivity index (χ3v) is 1.74. The first-order valence-corrected chi connectivity index (χ1v) is 3.83. The van der Waals surface area contributed by atoms with E-state index in [-0.39, 0.29) is 13.5 Å². The molecule has 0 aromatic carbocycles. The Morgan fingerprint density at radius 2 is 2.20 bits per heavy atom. The van der Waals surface area contributed by atoms with E-state index >= 15 is 0 Å². The van der Waals surface area contributed by atoms with Crippen LogP contribution in [0.3, 0.4) is 0 Å². The molecule has 10 heavy (non-hydrogen) atoms. The summed E-state index contributed by atoms with van der Waals surface area (Å²) in [6.07, 6.45) is 0.841. The van der Waals surface area contributed by atoms with Crippen LogP contribution in [0.15, 0.2) is 4.36 Å². The molecule has 0 aromatic heterocycles. The Labute approximate surface area is 62.3 Å². The van der Waals surface area contributed by atoms with E-state index in [0.29, 0.717) is 6.54 Å². The summed E-state index contributed by atoms with van der Waals surface area (Å²) >= 11 is 0. The fourth-order valence-electron chi connectivity index (χ4n) is 0.851. The molecule has 0 aromatic rings. The molecule has 0 bridgehead atoms. The highest BCUT2D eigenvalue weighted by Gasteiger charge is 2.12. The molecule has 1 unspecified atom stereocenters. The molecule has 60 valence electrons. The van der Waals surface area contributed by atoms with E-state index in [1.165, 1.54) is 0 Å². The molecule has 0 amide bonds. The van der Waals surface area contributed by atoms with Gasteiger partial charge in [-0.25, -0.2) is 0 Å². The predicted octanol–water partition coefficient (Wildman–Crippen LogP) is 0.0471. The monoisotopic (exact) mass is 164 g/mol. The zero-order valence-electron chi connectivity index (χ0n) is 4.87. The second-order valence-corrected chi connectivity index (χ2v) is 2.61. The Bertz CT molecular complexity index is 196. The van der Waals surface area contributed by atoms with E-state index in [1.807, 2.05) is 0 Å². The normalized spacial score (nSPS) is 23.4. The van der Waals surface area contributed by atoms with Crippen molar-refractivity contribution in [2.45, 2.75) is 19.9 Å². The van der Waals surface area contributed by atoms with Crippen molar-refractivity contribution in [2.24, 2.45) is 4.36 Å². The molecule has 1 rings (SSSR count). The summed E-state index contributed by atoms with van der Waals surface area (Å²) in [7, 11) is -2.22. The van der Waals surface area contributed by atoms with Crippen LogP contribution >= 0.6 is 0 Å². The minimum absolute atomic E-state index is 0. The van der Waals surface area contributed by atoms with Crippen LogP contribution in [0.25, 0.3) is 0 Å². The average Bonchev–Trinajstić information content (AvgIpc) is 2.15. The minimum Gasteiger partial charge on any atom is -0.314 e. The molecule has 1 aliphatic rings. The zero-order valence-corrected chi connectivity index (χ0v) is 5.69. The number of nitrogens with zero attached hydrogens (tertiary/aromatic N) is 1. The average molecular weight is 164 g/mol. The second-order valence-electron chi connectivity index (χ2n) is 1.97. The molecule has 1 fully saturated rings. The Hall–Kier alpha value is -0.420. The highest BCUT2D eigenvalue weighted by atomic mass is 32.2. The molecule has 1 N–H and O–H groups in total. The highest BCUT2D eigenvalue weighted by Crippen LogP contribution is 2.00. The van der Waals surface area contributed by atoms with Crippen molar-refractivity contribution in [2.75, 3.05) is 13.1 Å². The van der Waals surface area contributed by atoms with Crippen LogP contribution in [0.4, 0.5) is 0 Å². The van der Waals surface area contributed by atoms with Crippen LogP contribution in [-0.4, -0.2) is 27.5 Å². The van der Waals surface area contributed by atoms with Crippen LogP contribution in [-0.2, 0) is 10.5 Å². The Kier molecular flexibility index (Phi) is 4.22. The molecular formula is C5H12N2O2S. The largest absolute Gasteiger partial charge is 0.314 e. The quantitative estimate of drug-likeness (QED) is 0.595. The van der Waals surface area contributed by atoms with Crippen LogP contribution in [0, 0.1) is 0 Å². The maximum absolute atomic E-state index is 9.96. The van der Waals surface area contributed by atoms with Crippen molar-refractivity contribution >= 4 is 10.5 Å². The predicted molar refractivity (Wildman–Crippen MR) is 39.4 cm³/mol. The van der Waals surface area contributed by atoms with Gasteiger partial charge in [-0.15, -0.1) is 0 Å². The molecule has 0 aliphatic carbocycles. The molecular weight excluding hydrogens is 152 g/mol. The van der Waals surface area contributed by atoms with Gasteiger partial charge in [0.15, 0.2) is 0 Å². The zero-order chi connectivity index (χ0) is 6.69. The molecule has 1 heterocycles. The van der Waals surface area contributed by atoms with Gasteiger partial charge < -0.3 is 5.32 Å². The number of hydrogen-bond donors (Lipinski definition) is 1. The summed E-state index contributed by atoms with van der Waals surface area (Å²) in [6, 6.07) is -0.0108. The van der Waals surface area contributed by atoms with Crippen molar-refractivity contribution < 1.29 is 8.42 Å². The first kappa shape index (κ1) is 9.58. The van der Waals surface area contributed by atoms with Crippen molar-refractivity contribution in [3.05, 3.63) is 0 Å². The van der Waals surface area contributed by atoms with Gasteiger partial charge in [0.2, 0.25) is 0 Å². The summed E-state index contributed by atoms with van der Waals surface area (Å²) in [5, 5.41) is 3.01. The van der Waals surface area contributed by atoms with Crippen molar-refractivity contribution in [1.29, 1.82) is 0 Å². The molecule has 1 atom stereocenters. The number of nitrogens with one attached hydrogen (secondary N) is 1. The van der Waals surface area contributed by atoms with Crippen molar-refractivity contribution in [1.82, 2.24) is 5.32 Å². The van der Waals surface area contributed by atoms with Gasteiger partial charge in [-0.3, -0.25) is 0 Å². The molecule has 4 nitrogen and oxygen atoms in total. The Morgan fingerprint density at radius 3 is 2.60 bits per heavy atom. The lowest BCUT2D eigenvalue weighted by Crippen LogP contribution is -2.10. The maximum atomic E-state index is 9.96. The Balaban J connectivity index is 0.000000810. The summed E-state index contributed by atoms with van der Waals surface area (Å²) < 4.78 is 23.4. The van der Waals surface area contributed by atoms with Crippen LogP contribution in [0.1, 0.15) is 13.8 Å². The molecule has 1 aliphatic heterocycles. The second kappa shape index (κ2) is 4.40. The smallest absolute Gasteiger partial charge is 0.311 e. The molecule has 0 spiro atoms. The summed E-state index contributed by atoms with van der Waals surface area (Å²) in [4.78, 5) is 0. The van der Waals surface area contributed by atoms with Crippen LogP contribution < -0.4 is 5.32 Å². The third-order valence-electron chi connectivity index (χ3n) is 1.27. The molecule has 0 saturated carbocycles. The summed E-state index contributed by atoms with van der Waals surface area (Å²) in [5.41, 5.74) is 0. The molecule has 5 heteroatoms. The lowest BCUT2D eigenvalue weighted by atomic mass is 10.3. The van der Waals surface area contributed by atoms with Crippen LogP contribution in [0.2, 0.25) is 0 Å². The standard InChI is InChI=1S/C4H8N2O2S.CH4/c7-9(8)6-4-1-2-5-3-4;/h4-5H,1-3H2;1H4. The van der Waals surface area contributed by atoms with Gasteiger partial charge >= 0.3 is 10.5 Å². The molecule has 0 radical (unpaired) electrons. The van der Waals surface area contributed by atoms with Crippen molar-refractivity contribution in [3.63, 3.8) is 0 Å². The van der Waals surface area contributed by atoms with E-state index < -0.39 is 10.5 Å². The van der Waals surface area contributed by atoms with Crippen molar-refractivity contribution in [3.8, 4) is 0 Å².